The molecule has 1 unspecified atom stereocenters. The highest BCUT2D eigenvalue weighted by Gasteiger charge is 2.38. The third-order valence-electron chi connectivity index (χ3n) is 2.96. The molecule has 1 aromatic rings. The van der Waals surface area contributed by atoms with E-state index in [1.165, 1.54) is 12.1 Å². The lowest BCUT2D eigenvalue weighted by Crippen LogP contribution is -2.51. The first-order chi connectivity index (χ1) is 8.92. The van der Waals surface area contributed by atoms with Crippen LogP contribution in [0.3, 0.4) is 0 Å². The number of carboxylic acid groups (broad SMARTS) is 1. The molecule has 0 aliphatic carbocycles. The van der Waals surface area contributed by atoms with Crippen LogP contribution in [0.4, 0.5) is 5.69 Å². The number of nitrogens with two attached hydrogens (primary N) is 1. The van der Waals surface area contributed by atoms with Gasteiger partial charge in [0.1, 0.15) is 5.54 Å². The lowest BCUT2D eigenvalue weighted by molar-refractivity contribution is -0.121. The molecule has 0 saturated carbocycles. The average Bonchev–Trinajstić information content (AvgIpc) is 2.79. The first-order valence-corrected chi connectivity index (χ1v) is 6.43. The van der Waals surface area contributed by atoms with Gasteiger partial charge in [-0.3, -0.25) is 4.79 Å². The zero-order chi connectivity index (χ0) is 14.0. The Labute approximate surface area is 118 Å². The molecule has 7 heteroatoms. The van der Waals surface area contributed by atoms with E-state index >= 15 is 0 Å². The molecule has 0 aromatic heterocycles. The van der Waals surface area contributed by atoms with E-state index in [2.05, 4.69) is 21.2 Å². The highest BCUT2D eigenvalue weighted by Crippen LogP contribution is 2.23. The molecular formula is C12H13BrN2O4. The van der Waals surface area contributed by atoms with Gasteiger partial charge in [-0.2, -0.15) is 0 Å². The molecule has 0 spiro atoms. The van der Waals surface area contributed by atoms with Gasteiger partial charge in [0.2, 0.25) is 5.91 Å². The summed E-state index contributed by atoms with van der Waals surface area (Å²) in [5, 5.41) is 11.7. The normalized spacial score (nSPS) is 22.2. The summed E-state index contributed by atoms with van der Waals surface area (Å²) in [6.07, 6.45) is 0.414. The standard InChI is InChI=1S/C12H13BrN2O4/c13-7-1-2-9(8(5-7)10(16)17)15-11(18)12(14)3-4-19-6-12/h1-2,5H,3-4,6,14H2,(H,15,18)(H,16,17). The number of benzene rings is 1. The Morgan fingerprint density at radius 2 is 2.21 bits per heavy atom. The number of anilines is 1. The number of nitrogens with one attached hydrogen (secondary N) is 1. The zero-order valence-electron chi connectivity index (χ0n) is 9.98. The molecule has 1 amide bonds. The molecule has 1 heterocycles. The van der Waals surface area contributed by atoms with Crippen molar-refractivity contribution in [3.8, 4) is 0 Å². The van der Waals surface area contributed by atoms with E-state index in [1.807, 2.05) is 0 Å². The van der Waals surface area contributed by atoms with Crippen LogP contribution in [-0.4, -0.2) is 35.7 Å². The molecule has 4 N–H and O–H groups in total. The maximum absolute atomic E-state index is 12.1. The maximum Gasteiger partial charge on any atom is 0.337 e. The highest BCUT2D eigenvalue weighted by atomic mass is 79.9. The summed E-state index contributed by atoms with van der Waals surface area (Å²) >= 11 is 3.19. The lowest BCUT2D eigenvalue weighted by Gasteiger charge is -2.21. The van der Waals surface area contributed by atoms with E-state index in [0.29, 0.717) is 17.5 Å². The number of carbonyl (C=O) groups excluding carboxylic acids is 1. The van der Waals surface area contributed by atoms with E-state index < -0.39 is 17.4 Å². The maximum atomic E-state index is 12.1. The number of amides is 1. The fraction of sp³-hybridized carbons (Fsp3) is 0.333. The van der Waals surface area contributed by atoms with Crippen LogP contribution in [0, 0.1) is 0 Å². The van der Waals surface area contributed by atoms with Crippen molar-refractivity contribution in [3.63, 3.8) is 0 Å². The molecule has 1 fully saturated rings. The van der Waals surface area contributed by atoms with Gasteiger partial charge in [-0.1, -0.05) is 15.9 Å². The number of hydrogen-bond acceptors (Lipinski definition) is 4. The van der Waals surface area contributed by atoms with Crippen LogP contribution in [0.25, 0.3) is 0 Å². The summed E-state index contributed by atoms with van der Waals surface area (Å²) in [5.74, 6) is -1.56. The molecule has 102 valence electrons. The Bertz CT molecular complexity index is 526. The quantitative estimate of drug-likeness (QED) is 0.773. The molecule has 1 atom stereocenters. The largest absolute Gasteiger partial charge is 0.478 e. The summed E-state index contributed by atoms with van der Waals surface area (Å²) < 4.78 is 5.73. The fourth-order valence-corrected chi connectivity index (χ4v) is 2.17. The van der Waals surface area contributed by atoms with Crippen molar-refractivity contribution >= 4 is 33.5 Å². The Balaban J connectivity index is 2.23. The number of aromatic carboxylic acids is 1. The van der Waals surface area contributed by atoms with Crippen molar-refractivity contribution in [3.05, 3.63) is 28.2 Å². The number of ether oxygens (including phenoxy) is 1. The van der Waals surface area contributed by atoms with E-state index in [4.69, 9.17) is 15.6 Å². The van der Waals surface area contributed by atoms with Crippen LogP contribution >= 0.6 is 15.9 Å². The number of carboxylic acids is 1. The van der Waals surface area contributed by atoms with Crippen molar-refractivity contribution in [1.29, 1.82) is 0 Å². The predicted octanol–water partition coefficient (Wildman–Crippen LogP) is 1.20. The van der Waals surface area contributed by atoms with Crippen molar-refractivity contribution in [2.75, 3.05) is 18.5 Å². The first-order valence-electron chi connectivity index (χ1n) is 5.63. The van der Waals surface area contributed by atoms with Crippen molar-refractivity contribution in [2.24, 2.45) is 5.73 Å². The monoisotopic (exact) mass is 328 g/mol. The predicted molar refractivity (Wildman–Crippen MR) is 72.1 cm³/mol. The summed E-state index contributed by atoms with van der Waals surface area (Å²) in [6, 6.07) is 4.59. The second kappa shape index (κ2) is 5.28. The molecular weight excluding hydrogens is 316 g/mol. The van der Waals surface area contributed by atoms with Crippen LogP contribution in [-0.2, 0) is 9.53 Å². The molecule has 1 aliphatic rings. The minimum Gasteiger partial charge on any atom is -0.478 e. The van der Waals surface area contributed by atoms with Crippen LogP contribution in [0.1, 0.15) is 16.8 Å². The fourth-order valence-electron chi connectivity index (χ4n) is 1.81. The van der Waals surface area contributed by atoms with Crippen LogP contribution < -0.4 is 11.1 Å². The summed E-state index contributed by atoms with van der Waals surface area (Å²) in [5.41, 5.74) is 5.04. The second-order valence-electron chi connectivity index (χ2n) is 4.41. The van der Waals surface area contributed by atoms with Gasteiger partial charge in [-0.05, 0) is 24.6 Å². The second-order valence-corrected chi connectivity index (χ2v) is 5.32. The van der Waals surface area contributed by atoms with Crippen molar-refractivity contribution < 1.29 is 19.4 Å². The van der Waals surface area contributed by atoms with Crippen LogP contribution in [0.15, 0.2) is 22.7 Å². The number of halogens is 1. The molecule has 0 bridgehead atoms. The first kappa shape index (κ1) is 14.0. The molecule has 1 aliphatic heterocycles. The Morgan fingerprint density at radius 3 is 2.79 bits per heavy atom. The Hall–Kier alpha value is -1.44. The zero-order valence-corrected chi connectivity index (χ0v) is 11.6. The third-order valence-corrected chi connectivity index (χ3v) is 3.46. The molecule has 19 heavy (non-hydrogen) atoms. The molecule has 1 aromatic carbocycles. The van der Waals surface area contributed by atoms with Gasteiger partial charge in [-0.15, -0.1) is 0 Å². The number of hydrogen-bond donors (Lipinski definition) is 3. The summed E-state index contributed by atoms with van der Waals surface area (Å²) in [7, 11) is 0. The van der Waals surface area contributed by atoms with Gasteiger partial charge in [0, 0.05) is 11.1 Å². The Kier molecular flexibility index (Phi) is 3.88. The molecule has 2 rings (SSSR count). The number of carbonyl (C=O) groups is 2. The van der Waals surface area contributed by atoms with Crippen LogP contribution in [0.5, 0.6) is 0 Å². The van der Waals surface area contributed by atoms with Crippen LogP contribution in [0.2, 0.25) is 0 Å². The Morgan fingerprint density at radius 1 is 1.47 bits per heavy atom. The van der Waals surface area contributed by atoms with Gasteiger partial charge >= 0.3 is 5.97 Å². The smallest absolute Gasteiger partial charge is 0.337 e. The van der Waals surface area contributed by atoms with Gasteiger partial charge in [0.25, 0.3) is 0 Å². The van der Waals surface area contributed by atoms with Gasteiger partial charge in [-0.25, -0.2) is 4.79 Å². The van der Waals surface area contributed by atoms with Crippen molar-refractivity contribution in [2.45, 2.75) is 12.0 Å². The van der Waals surface area contributed by atoms with Gasteiger partial charge in [0.15, 0.2) is 0 Å². The lowest BCUT2D eigenvalue weighted by atomic mass is 9.99. The van der Waals surface area contributed by atoms with E-state index in [0.717, 1.165) is 0 Å². The van der Waals surface area contributed by atoms with Crippen molar-refractivity contribution in [1.82, 2.24) is 0 Å². The molecule has 0 radical (unpaired) electrons. The highest BCUT2D eigenvalue weighted by molar-refractivity contribution is 9.10. The summed E-state index contributed by atoms with van der Waals surface area (Å²) in [4.78, 5) is 23.2. The third kappa shape index (κ3) is 2.94. The van der Waals surface area contributed by atoms with E-state index in [1.54, 1.807) is 6.07 Å². The molecule has 6 nitrogen and oxygen atoms in total. The van der Waals surface area contributed by atoms with E-state index in [-0.39, 0.29) is 17.9 Å². The van der Waals surface area contributed by atoms with Gasteiger partial charge < -0.3 is 20.9 Å². The minimum atomic E-state index is -1.12. The number of rotatable bonds is 3. The SMILES string of the molecule is NC1(C(=O)Nc2ccc(Br)cc2C(=O)O)CCOC1. The van der Waals surface area contributed by atoms with E-state index in [9.17, 15) is 9.59 Å². The topological polar surface area (TPSA) is 102 Å². The molecule has 1 saturated heterocycles. The average molecular weight is 329 g/mol. The summed E-state index contributed by atoms with van der Waals surface area (Å²) in [6.45, 7) is 0.563. The minimum absolute atomic E-state index is 0.00485. The van der Waals surface area contributed by atoms with Gasteiger partial charge in [0.05, 0.1) is 17.9 Å².